The van der Waals surface area contributed by atoms with Gasteiger partial charge in [-0.15, -0.1) is 0 Å². The Balaban J connectivity index is 1.68. The van der Waals surface area contributed by atoms with Crippen LogP contribution in [0.5, 0.6) is 0 Å². The van der Waals surface area contributed by atoms with Crippen molar-refractivity contribution in [2.24, 2.45) is 0 Å². The van der Waals surface area contributed by atoms with E-state index in [-0.39, 0.29) is 0 Å². The minimum Gasteiger partial charge on any atom is -0.399 e. The normalized spacial score (nSPS) is 24.9. The lowest BCUT2D eigenvalue weighted by atomic mass is 9.92. The Morgan fingerprint density at radius 1 is 1.07 bits per heavy atom. The molecule has 0 heterocycles. The molecule has 3 N–H and O–H groups in total. The van der Waals surface area contributed by atoms with Crippen LogP contribution < -0.4 is 11.1 Å². The van der Waals surface area contributed by atoms with E-state index in [0.717, 1.165) is 18.2 Å². The van der Waals surface area contributed by atoms with Crippen molar-refractivity contribution >= 4 is 5.69 Å². The van der Waals surface area contributed by atoms with Gasteiger partial charge in [0.15, 0.2) is 0 Å². The lowest BCUT2D eigenvalue weighted by Crippen LogP contribution is -2.42. The van der Waals surface area contributed by atoms with Crippen molar-refractivity contribution in [3.63, 3.8) is 0 Å². The molecule has 2 aliphatic rings. The highest BCUT2D eigenvalue weighted by Gasteiger charge is 2.26. The second-order valence-electron chi connectivity index (χ2n) is 4.93. The number of benzene rings is 1. The lowest BCUT2D eigenvalue weighted by Gasteiger charge is -2.29. The molecule has 1 saturated carbocycles. The Morgan fingerprint density at radius 2 is 1.87 bits per heavy atom. The molecular formula is C13H18N2. The van der Waals surface area contributed by atoms with Crippen LogP contribution in [0.4, 0.5) is 5.69 Å². The van der Waals surface area contributed by atoms with E-state index in [9.17, 15) is 0 Å². The zero-order valence-electron chi connectivity index (χ0n) is 9.00. The fourth-order valence-corrected chi connectivity index (χ4v) is 2.66. The van der Waals surface area contributed by atoms with E-state index in [1.54, 1.807) is 0 Å². The lowest BCUT2D eigenvalue weighted by molar-refractivity contribution is 0.306. The molecule has 2 aliphatic carbocycles. The molecule has 1 fully saturated rings. The topological polar surface area (TPSA) is 38.0 Å². The Hall–Kier alpha value is -1.02. The molecule has 0 bridgehead atoms. The first kappa shape index (κ1) is 9.22. The van der Waals surface area contributed by atoms with Gasteiger partial charge in [0.05, 0.1) is 0 Å². The average molecular weight is 202 g/mol. The van der Waals surface area contributed by atoms with Gasteiger partial charge < -0.3 is 11.1 Å². The van der Waals surface area contributed by atoms with Crippen molar-refractivity contribution in [1.82, 2.24) is 5.32 Å². The Morgan fingerprint density at radius 3 is 2.60 bits per heavy atom. The van der Waals surface area contributed by atoms with Gasteiger partial charge in [0, 0.05) is 17.8 Å². The number of hydrogen-bond acceptors (Lipinski definition) is 2. The first-order valence-electron chi connectivity index (χ1n) is 5.94. The minimum absolute atomic E-state index is 0.659. The number of nitrogen functional groups attached to an aromatic ring is 1. The molecule has 2 heteroatoms. The van der Waals surface area contributed by atoms with Crippen LogP contribution in [0.25, 0.3) is 0 Å². The molecule has 80 valence electrons. The van der Waals surface area contributed by atoms with Crippen LogP contribution in [0.15, 0.2) is 18.2 Å². The molecule has 3 rings (SSSR count). The number of rotatable bonds is 2. The van der Waals surface area contributed by atoms with Gasteiger partial charge in [-0.3, -0.25) is 0 Å². The summed E-state index contributed by atoms with van der Waals surface area (Å²) >= 11 is 0. The Labute approximate surface area is 90.9 Å². The molecule has 0 amide bonds. The highest BCUT2D eigenvalue weighted by Crippen LogP contribution is 2.27. The van der Waals surface area contributed by atoms with Crippen LogP contribution >= 0.6 is 0 Å². The van der Waals surface area contributed by atoms with Crippen LogP contribution in [0.1, 0.15) is 30.4 Å². The summed E-state index contributed by atoms with van der Waals surface area (Å²) in [6.07, 6.45) is 6.50. The molecule has 15 heavy (non-hydrogen) atoms. The van der Waals surface area contributed by atoms with E-state index in [2.05, 4.69) is 17.4 Å². The minimum atomic E-state index is 0.659. The molecule has 0 aliphatic heterocycles. The van der Waals surface area contributed by atoms with E-state index >= 15 is 0 Å². The highest BCUT2D eigenvalue weighted by atomic mass is 15.0. The van der Waals surface area contributed by atoms with Gasteiger partial charge in [0.2, 0.25) is 0 Å². The van der Waals surface area contributed by atoms with E-state index in [0.29, 0.717) is 6.04 Å². The number of nitrogens with one attached hydrogen (secondary N) is 1. The van der Waals surface area contributed by atoms with Gasteiger partial charge in [-0.2, -0.15) is 0 Å². The SMILES string of the molecule is Nc1ccc2c(c1)CC(NC1CCC1)C2. The molecule has 2 nitrogen and oxygen atoms in total. The summed E-state index contributed by atoms with van der Waals surface area (Å²) < 4.78 is 0. The molecule has 1 unspecified atom stereocenters. The van der Waals surface area contributed by atoms with E-state index in [4.69, 9.17) is 5.73 Å². The molecule has 1 aromatic carbocycles. The molecule has 1 aromatic rings. The van der Waals surface area contributed by atoms with Crippen LogP contribution in [-0.2, 0) is 12.8 Å². The molecule has 0 spiro atoms. The van der Waals surface area contributed by atoms with Crippen molar-refractivity contribution in [2.75, 3.05) is 5.73 Å². The quantitative estimate of drug-likeness (QED) is 0.719. The average Bonchev–Trinajstić information content (AvgIpc) is 2.53. The molecule has 0 radical (unpaired) electrons. The zero-order chi connectivity index (χ0) is 10.3. The first-order chi connectivity index (χ1) is 7.31. The van der Waals surface area contributed by atoms with Gasteiger partial charge in [-0.25, -0.2) is 0 Å². The van der Waals surface area contributed by atoms with Crippen molar-refractivity contribution in [2.45, 2.75) is 44.2 Å². The molecule has 0 aromatic heterocycles. The molecule has 0 saturated heterocycles. The number of fused-ring (bicyclic) bond motifs is 1. The largest absolute Gasteiger partial charge is 0.399 e. The molecular weight excluding hydrogens is 184 g/mol. The fraction of sp³-hybridized carbons (Fsp3) is 0.538. The van der Waals surface area contributed by atoms with E-state index in [1.807, 2.05) is 6.07 Å². The summed E-state index contributed by atoms with van der Waals surface area (Å²) in [5, 5.41) is 3.74. The third-order valence-electron chi connectivity index (χ3n) is 3.74. The van der Waals surface area contributed by atoms with Crippen molar-refractivity contribution in [1.29, 1.82) is 0 Å². The van der Waals surface area contributed by atoms with Crippen LogP contribution in [-0.4, -0.2) is 12.1 Å². The number of anilines is 1. The predicted molar refractivity (Wildman–Crippen MR) is 62.8 cm³/mol. The van der Waals surface area contributed by atoms with Crippen molar-refractivity contribution in [3.05, 3.63) is 29.3 Å². The maximum atomic E-state index is 5.79. The van der Waals surface area contributed by atoms with Gasteiger partial charge in [0.1, 0.15) is 0 Å². The maximum Gasteiger partial charge on any atom is 0.0316 e. The van der Waals surface area contributed by atoms with Crippen molar-refractivity contribution < 1.29 is 0 Å². The monoisotopic (exact) mass is 202 g/mol. The van der Waals surface area contributed by atoms with Crippen LogP contribution in [0.3, 0.4) is 0 Å². The van der Waals surface area contributed by atoms with E-state index in [1.165, 1.54) is 36.8 Å². The van der Waals surface area contributed by atoms with Gasteiger partial charge in [0.25, 0.3) is 0 Å². The standard InChI is InChI=1S/C13H18N2/c14-11-5-4-9-7-13(8-10(9)6-11)15-12-2-1-3-12/h4-6,12-13,15H,1-3,7-8,14H2. The third kappa shape index (κ3) is 1.74. The second kappa shape index (κ2) is 3.53. The summed E-state index contributed by atoms with van der Waals surface area (Å²) in [7, 11) is 0. The Kier molecular flexibility index (Phi) is 2.17. The summed E-state index contributed by atoms with van der Waals surface area (Å²) in [4.78, 5) is 0. The zero-order valence-corrected chi connectivity index (χ0v) is 9.00. The fourth-order valence-electron chi connectivity index (χ4n) is 2.66. The van der Waals surface area contributed by atoms with Crippen LogP contribution in [0, 0.1) is 0 Å². The number of hydrogen-bond donors (Lipinski definition) is 2. The first-order valence-corrected chi connectivity index (χ1v) is 5.94. The summed E-state index contributed by atoms with van der Waals surface area (Å²) in [6, 6.07) is 7.80. The summed E-state index contributed by atoms with van der Waals surface area (Å²) in [5.74, 6) is 0. The van der Waals surface area contributed by atoms with Crippen molar-refractivity contribution in [3.8, 4) is 0 Å². The highest BCUT2D eigenvalue weighted by molar-refractivity contribution is 5.47. The van der Waals surface area contributed by atoms with Gasteiger partial charge in [-0.1, -0.05) is 12.5 Å². The second-order valence-corrected chi connectivity index (χ2v) is 4.93. The Bertz CT molecular complexity index is 369. The van der Waals surface area contributed by atoms with E-state index < -0.39 is 0 Å². The van der Waals surface area contributed by atoms with Crippen LogP contribution in [0.2, 0.25) is 0 Å². The summed E-state index contributed by atoms with van der Waals surface area (Å²) in [6.45, 7) is 0. The maximum absolute atomic E-state index is 5.79. The van der Waals surface area contributed by atoms with Gasteiger partial charge in [-0.05, 0) is 48.9 Å². The van der Waals surface area contributed by atoms with Gasteiger partial charge >= 0.3 is 0 Å². The third-order valence-corrected chi connectivity index (χ3v) is 3.74. The number of nitrogens with two attached hydrogens (primary N) is 1. The smallest absolute Gasteiger partial charge is 0.0316 e. The summed E-state index contributed by atoms with van der Waals surface area (Å²) in [5.41, 5.74) is 9.63. The predicted octanol–water partition coefficient (Wildman–Crippen LogP) is 1.88. The molecule has 1 atom stereocenters.